The van der Waals surface area contributed by atoms with E-state index in [0.717, 1.165) is 22.3 Å². The number of carbonyl (C=O) groups excluding carboxylic acids is 1. The fourth-order valence-corrected chi connectivity index (χ4v) is 3.32. The number of rotatable bonds is 3. The first-order valence-electron chi connectivity index (χ1n) is 8.05. The molecule has 24 heavy (non-hydrogen) atoms. The van der Waals surface area contributed by atoms with Crippen molar-refractivity contribution < 1.29 is 14.1 Å². The van der Waals surface area contributed by atoms with Crippen molar-refractivity contribution >= 4 is 5.97 Å². The minimum atomic E-state index is -0.399. The molecule has 0 aliphatic heterocycles. The monoisotopic (exact) mass is 319 g/mol. The van der Waals surface area contributed by atoms with Crippen LogP contribution in [0.3, 0.4) is 0 Å². The lowest BCUT2D eigenvalue weighted by atomic mass is 10.1. The van der Waals surface area contributed by atoms with E-state index in [2.05, 4.69) is 17.3 Å². The standard InChI is InChI=1S/C20H17NO3/c1-3-17-18(12(2)24-21-17)20(22)23-19-15-10-6-4-8-13(15)14-9-5-7-11-16(14)19/h4-11,19H,3H2,1-2H3. The molecule has 4 heteroatoms. The molecule has 4 rings (SSSR count). The Kier molecular flexibility index (Phi) is 3.45. The van der Waals surface area contributed by atoms with E-state index >= 15 is 0 Å². The predicted octanol–water partition coefficient (Wildman–Crippen LogP) is 4.47. The summed E-state index contributed by atoms with van der Waals surface area (Å²) in [5.74, 6) is 0.110. The average Bonchev–Trinajstić information content (AvgIpc) is 3.14. The maximum atomic E-state index is 12.8. The zero-order chi connectivity index (χ0) is 16.7. The number of carbonyl (C=O) groups is 1. The van der Waals surface area contributed by atoms with Gasteiger partial charge in [0, 0.05) is 11.1 Å². The van der Waals surface area contributed by atoms with Crippen molar-refractivity contribution in [2.24, 2.45) is 0 Å². The molecule has 0 bridgehead atoms. The quantitative estimate of drug-likeness (QED) is 0.668. The van der Waals surface area contributed by atoms with Crippen molar-refractivity contribution in [2.45, 2.75) is 26.4 Å². The first kappa shape index (κ1) is 14.7. The molecule has 0 radical (unpaired) electrons. The van der Waals surface area contributed by atoms with Crippen molar-refractivity contribution in [3.63, 3.8) is 0 Å². The number of ether oxygens (including phenoxy) is 1. The summed E-state index contributed by atoms with van der Waals surface area (Å²) >= 11 is 0. The summed E-state index contributed by atoms with van der Waals surface area (Å²) in [6.07, 6.45) is 0.225. The molecule has 4 nitrogen and oxygen atoms in total. The van der Waals surface area contributed by atoms with Gasteiger partial charge in [-0.15, -0.1) is 0 Å². The Balaban J connectivity index is 1.75. The van der Waals surface area contributed by atoms with Gasteiger partial charge in [-0.05, 0) is 24.5 Å². The molecule has 1 aliphatic rings. The zero-order valence-corrected chi connectivity index (χ0v) is 13.6. The molecule has 120 valence electrons. The summed E-state index contributed by atoms with van der Waals surface area (Å²) < 4.78 is 11.1. The van der Waals surface area contributed by atoms with Gasteiger partial charge in [-0.3, -0.25) is 0 Å². The Morgan fingerprint density at radius 2 is 1.67 bits per heavy atom. The maximum absolute atomic E-state index is 12.8. The number of hydrogen-bond donors (Lipinski definition) is 0. The summed E-state index contributed by atoms with van der Waals surface area (Å²) in [7, 11) is 0. The van der Waals surface area contributed by atoms with Crippen LogP contribution >= 0.6 is 0 Å². The van der Waals surface area contributed by atoms with E-state index in [9.17, 15) is 4.79 Å². The van der Waals surface area contributed by atoms with Crippen LogP contribution in [0.2, 0.25) is 0 Å². The Bertz CT molecular complexity index is 881. The van der Waals surface area contributed by atoms with Gasteiger partial charge in [0.2, 0.25) is 0 Å². The molecule has 0 atom stereocenters. The lowest BCUT2D eigenvalue weighted by molar-refractivity contribution is 0.0382. The molecule has 2 aromatic carbocycles. The van der Waals surface area contributed by atoms with Gasteiger partial charge in [-0.25, -0.2) is 4.79 Å². The lowest BCUT2D eigenvalue weighted by Gasteiger charge is -2.15. The summed E-state index contributed by atoms with van der Waals surface area (Å²) in [6.45, 7) is 3.67. The molecule has 0 saturated heterocycles. The second-order valence-electron chi connectivity index (χ2n) is 5.87. The molecular weight excluding hydrogens is 302 g/mol. The fraction of sp³-hybridized carbons (Fsp3) is 0.200. The van der Waals surface area contributed by atoms with Gasteiger partial charge < -0.3 is 9.26 Å². The van der Waals surface area contributed by atoms with Crippen LogP contribution in [0.15, 0.2) is 53.1 Å². The Morgan fingerprint density at radius 1 is 1.08 bits per heavy atom. The van der Waals surface area contributed by atoms with E-state index in [0.29, 0.717) is 23.4 Å². The van der Waals surface area contributed by atoms with Crippen molar-refractivity contribution in [1.82, 2.24) is 5.16 Å². The second-order valence-corrected chi connectivity index (χ2v) is 5.87. The van der Waals surface area contributed by atoms with Gasteiger partial charge in [0.15, 0.2) is 6.10 Å². The largest absolute Gasteiger partial charge is 0.449 e. The summed E-state index contributed by atoms with van der Waals surface area (Å²) in [5, 5.41) is 3.94. The molecule has 1 aliphatic carbocycles. The summed E-state index contributed by atoms with van der Waals surface area (Å²) in [4.78, 5) is 12.8. The van der Waals surface area contributed by atoms with E-state index in [4.69, 9.17) is 9.26 Å². The predicted molar refractivity (Wildman–Crippen MR) is 89.8 cm³/mol. The molecular formula is C20H17NO3. The normalized spacial score (nSPS) is 12.8. The smallest absolute Gasteiger partial charge is 0.344 e. The highest BCUT2D eigenvalue weighted by Crippen LogP contribution is 2.45. The highest BCUT2D eigenvalue weighted by atomic mass is 16.5. The van der Waals surface area contributed by atoms with Crippen molar-refractivity contribution in [1.29, 1.82) is 0 Å². The van der Waals surface area contributed by atoms with Crippen LogP contribution in [0.25, 0.3) is 11.1 Å². The van der Waals surface area contributed by atoms with Crippen LogP contribution in [0.1, 0.15) is 46.0 Å². The van der Waals surface area contributed by atoms with Crippen LogP contribution in [0, 0.1) is 6.92 Å². The molecule has 0 saturated carbocycles. The number of hydrogen-bond acceptors (Lipinski definition) is 4. The van der Waals surface area contributed by atoms with Crippen molar-refractivity contribution in [2.75, 3.05) is 0 Å². The number of benzene rings is 2. The topological polar surface area (TPSA) is 52.3 Å². The molecule has 1 heterocycles. The van der Waals surface area contributed by atoms with Crippen LogP contribution in [0.5, 0.6) is 0 Å². The molecule has 0 unspecified atom stereocenters. The van der Waals surface area contributed by atoms with Crippen LogP contribution in [0.4, 0.5) is 0 Å². The maximum Gasteiger partial charge on any atom is 0.344 e. The van der Waals surface area contributed by atoms with Crippen LogP contribution in [-0.2, 0) is 11.2 Å². The summed E-state index contributed by atoms with van der Waals surface area (Å²) in [5.41, 5.74) is 5.34. The van der Waals surface area contributed by atoms with E-state index < -0.39 is 6.10 Å². The number of aromatic nitrogens is 1. The van der Waals surface area contributed by atoms with E-state index in [-0.39, 0.29) is 5.97 Å². The third-order valence-electron chi connectivity index (χ3n) is 4.47. The minimum absolute atomic E-state index is 0.387. The zero-order valence-electron chi connectivity index (χ0n) is 13.6. The SMILES string of the molecule is CCc1noc(C)c1C(=O)OC1c2ccccc2-c2ccccc21. The Labute approximate surface area is 140 Å². The van der Waals surface area contributed by atoms with E-state index in [1.54, 1.807) is 6.92 Å². The van der Waals surface area contributed by atoms with Crippen molar-refractivity contribution in [3.05, 3.63) is 76.7 Å². The average molecular weight is 319 g/mol. The third kappa shape index (κ3) is 2.14. The van der Waals surface area contributed by atoms with Gasteiger partial charge in [0.1, 0.15) is 11.3 Å². The van der Waals surface area contributed by atoms with Crippen molar-refractivity contribution in [3.8, 4) is 11.1 Å². The number of esters is 1. The van der Waals surface area contributed by atoms with Gasteiger partial charge in [-0.2, -0.15) is 0 Å². The van der Waals surface area contributed by atoms with Crippen LogP contribution in [-0.4, -0.2) is 11.1 Å². The van der Waals surface area contributed by atoms with Gasteiger partial charge in [0.05, 0.1) is 5.69 Å². The number of fused-ring (bicyclic) bond motifs is 3. The molecule has 0 amide bonds. The van der Waals surface area contributed by atoms with Gasteiger partial charge in [-0.1, -0.05) is 60.6 Å². The molecule has 3 aromatic rings. The van der Waals surface area contributed by atoms with E-state index in [1.165, 1.54) is 0 Å². The molecule has 0 spiro atoms. The fourth-order valence-electron chi connectivity index (χ4n) is 3.32. The molecule has 1 aromatic heterocycles. The highest BCUT2D eigenvalue weighted by molar-refractivity contribution is 5.92. The molecule has 0 fully saturated rings. The minimum Gasteiger partial charge on any atom is -0.449 e. The first-order chi connectivity index (χ1) is 11.7. The first-order valence-corrected chi connectivity index (χ1v) is 8.05. The van der Waals surface area contributed by atoms with Gasteiger partial charge in [0.25, 0.3) is 0 Å². The number of nitrogens with zero attached hydrogens (tertiary/aromatic N) is 1. The highest BCUT2D eigenvalue weighted by Gasteiger charge is 2.32. The van der Waals surface area contributed by atoms with Gasteiger partial charge >= 0.3 is 5.97 Å². The Hall–Kier alpha value is -2.88. The second kappa shape index (κ2) is 5.64. The van der Waals surface area contributed by atoms with Crippen LogP contribution < -0.4 is 0 Å². The lowest BCUT2D eigenvalue weighted by Crippen LogP contribution is -2.13. The Morgan fingerprint density at radius 3 is 2.25 bits per heavy atom. The number of aryl methyl sites for hydroxylation is 2. The van der Waals surface area contributed by atoms with E-state index in [1.807, 2.05) is 43.3 Å². The third-order valence-corrected chi connectivity index (χ3v) is 4.47. The molecule has 0 N–H and O–H groups in total. The summed E-state index contributed by atoms with van der Waals surface area (Å²) in [6, 6.07) is 16.1.